The summed E-state index contributed by atoms with van der Waals surface area (Å²) in [4.78, 5) is 45.6. The number of imidazole rings is 2. The van der Waals surface area contributed by atoms with E-state index in [9.17, 15) is 19.5 Å². The van der Waals surface area contributed by atoms with E-state index in [4.69, 9.17) is 9.47 Å². The van der Waals surface area contributed by atoms with Gasteiger partial charge in [0.15, 0.2) is 0 Å². The maximum atomic E-state index is 12.1. The quantitative estimate of drug-likeness (QED) is 0.609. The average molecular weight is 450 g/mol. The summed E-state index contributed by atoms with van der Waals surface area (Å²) in [5.74, 6) is -0.148. The van der Waals surface area contributed by atoms with Crippen LogP contribution in [0, 0.1) is 0 Å². The third kappa shape index (κ3) is 8.05. The van der Waals surface area contributed by atoms with E-state index in [1.54, 1.807) is 53.9 Å². The predicted molar refractivity (Wildman–Crippen MR) is 113 cm³/mol. The maximum absolute atomic E-state index is 12.1. The predicted octanol–water partition coefficient (Wildman–Crippen LogP) is 2.44. The van der Waals surface area contributed by atoms with E-state index in [2.05, 4.69) is 9.97 Å². The number of carbonyl (C=O) groups is 3. The fourth-order valence-electron chi connectivity index (χ4n) is 2.83. The SMILES string of the molecule is CC(C)(C)OC(=O)Cn1ccnc1CN(Cc1nccn1CC(=O)OC(C)(C)C)C(=O)O. The number of hydrogen-bond acceptors (Lipinski definition) is 7. The highest BCUT2D eigenvalue weighted by Gasteiger charge is 2.22. The van der Waals surface area contributed by atoms with Crippen molar-refractivity contribution in [3.05, 3.63) is 36.4 Å². The van der Waals surface area contributed by atoms with Gasteiger partial charge in [-0.25, -0.2) is 14.8 Å². The Morgan fingerprint density at radius 3 is 1.53 bits per heavy atom. The Morgan fingerprint density at radius 1 is 0.844 bits per heavy atom. The third-order valence-corrected chi connectivity index (χ3v) is 3.98. The molecule has 0 fully saturated rings. The van der Waals surface area contributed by atoms with Gasteiger partial charge in [0.25, 0.3) is 0 Å². The van der Waals surface area contributed by atoms with Gasteiger partial charge < -0.3 is 23.7 Å². The van der Waals surface area contributed by atoms with E-state index in [1.807, 2.05) is 0 Å². The van der Waals surface area contributed by atoms with E-state index >= 15 is 0 Å². The van der Waals surface area contributed by atoms with Crippen molar-refractivity contribution in [3.8, 4) is 0 Å². The third-order valence-electron chi connectivity index (χ3n) is 3.98. The molecule has 32 heavy (non-hydrogen) atoms. The minimum absolute atomic E-state index is 0.0789. The van der Waals surface area contributed by atoms with Gasteiger partial charge in [-0.3, -0.25) is 14.5 Å². The van der Waals surface area contributed by atoms with Gasteiger partial charge in [0.05, 0.1) is 13.1 Å². The van der Waals surface area contributed by atoms with Crippen LogP contribution in [-0.2, 0) is 45.2 Å². The molecule has 0 radical (unpaired) electrons. The molecule has 11 nitrogen and oxygen atoms in total. The molecule has 0 aliphatic carbocycles. The minimum Gasteiger partial charge on any atom is -0.465 e. The zero-order valence-corrected chi connectivity index (χ0v) is 19.4. The molecule has 2 heterocycles. The molecule has 0 bridgehead atoms. The van der Waals surface area contributed by atoms with Crippen LogP contribution in [0.4, 0.5) is 4.79 Å². The zero-order chi connectivity index (χ0) is 24.1. The lowest BCUT2D eigenvalue weighted by Gasteiger charge is -2.22. The maximum Gasteiger partial charge on any atom is 0.408 e. The molecule has 0 aliphatic rings. The molecular weight excluding hydrogens is 418 g/mol. The molecule has 0 saturated heterocycles. The van der Waals surface area contributed by atoms with Crippen molar-refractivity contribution >= 4 is 18.0 Å². The van der Waals surface area contributed by atoms with Crippen LogP contribution in [0.25, 0.3) is 0 Å². The van der Waals surface area contributed by atoms with Gasteiger partial charge in [-0.1, -0.05) is 0 Å². The standard InChI is InChI=1S/C21H31N5O6/c1-20(2,3)31-17(27)13-24-9-7-22-15(24)11-26(19(29)30)12-16-23-8-10-25(16)14-18(28)32-21(4,5)6/h7-10H,11-14H2,1-6H3,(H,29,30). The smallest absolute Gasteiger partial charge is 0.408 e. The van der Waals surface area contributed by atoms with Gasteiger partial charge >= 0.3 is 18.0 Å². The fraction of sp³-hybridized carbons (Fsp3) is 0.571. The molecular formula is C21H31N5O6. The number of hydrogen-bond donors (Lipinski definition) is 1. The monoisotopic (exact) mass is 449 g/mol. The molecule has 0 aliphatic heterocycles. The second-order valence-electron chi connectivity index (χ2n) is 9.25. The summed E-state index contributed by atoms with van der Waals surface area (Å²) in [5.41, 5.74) is -1.26. The van der Waals surface area contributed by atoms with Crippen LogP contribution < -0.4 is 0 Å². The molecule has 0 atom stereocenters. The van der Waals surface area contributed by atoms with Crippen LogP contribution in [0.3, 0.4) is 0 Å². The molecule has 176 valence electrons. The van der Waals surface area contributed by atoms with Crippen molar-refractivity contribution < 1.29 is 29.0 Å². The van der Waals surface area contributed by atoms with Crippen molar-refractivity contribution in [2.75, 3.05) is 0 Å². The number of esters is 2. The topological polar surface area (TPSA) is 129 Å². The van der Waals surface area contributed by atoms with E-state index in [0.717, 1.165) is 4.90 Å². The normalized spacial score (nSPS) is 11.8. The lowest BCUT2D eigenvalue weighted by Crippen LogP contribution is -2.33. The Balaban J connectivity index is 2.09. The second kappa shape index (κ2) is 9.84. The summed E-state index contributed by atoms with van der Waals surface area (Å²) >= 11 is 0. The number of amides is 1. The highest BCUT2D eigenvalue weighted by Crippen LogP contribution is 2.13. The molecule has 0 unspecified atom stereocenters. The number of nitrogens with zero attached hydrogens (tertiary/aromatic N) is 5. The van der Waals surface area contributed by atoms with E-state index in [1.165, 1.54) is 21.5 Å². The Bertz CT molecular complexity index is 880. The van der Waals surface area contributed by atoms with Crippen LogP contribution in [0.5, 0.6) is 0 Å². The van der Waals surface area contributed by atoms with Gasteiger partial charge in [-0.15, -0.1) is 0 Å². The number of aromatic nitrogens is 4. The van der Waals surface area contributed by atoms with Crippen molar-refractivity contribution in [1.29, 1.82) is 0 Å². The summed E-state index contributed by atoms with van der Waals surface area (Å²) in [6, 6.07) is 0. The van der Waals surface area contributed by atoms with Crippen molar-refractivity contribution in [2.24, 2.45) is 0 Å². The van der Waals surface area contributed by atoms with Crippen LogP contribution in [-0.4, -0.2) is 58.3 Å². The van der Waals surface area contributed by atoms with Crippen LogP contribution >= 0.6 is 0 Å². The van der Waals surface area contributed by atoms with Gasteiger partial charge in [-0.2, -0.15) is 0 Å². The Kier molecular flexibility index (Phi) is 7.65. The Hall–Kier alpha value is -3.37. The Labute approximate surface area is 187 Å². The lowest BCUT2D eigenvalue weighted by molar-refractivity contribution is -0.156. The van der Waals surface area contributed by atoms with Crippen molar-refractivity contribution in [1.82, 2.24) is 24.0 Å². The molecule has 1 N–H and O–H groups in total. The molecule has 2 rings (SSSR count). The zero-order valence-electron chi connectivity index (χ0n) is 19.4. The van der Waals surface area contributed by atoms with Crippen LogP contribution in [0.1, 0.15) is 53.2 Å². The van der Waals surface area contributed by atoms with Crippen LogP contribution in [0.2, 0.25) is 0 Å². The number of rotatable bonds is 8. The highest BCUT2D eigenvalue weighted by molar-refractivity contribution is 5.70. The molecule has 1 amide bonds. The summed E-state index contributed by atoms with van der Waals surface area (Å²) in [6.07, 6.45) is 4.96. The first-order chi connectivity index (χ1) is 14.7. The van der Waals surface area contributed by atoms with Crippen LogP contribution in [0.15, 0.2) is 24.8 Å². The van der Waals surface area contributed by atoms with E-state index in [0.29, 0.717) is 11.6 Å². The first kappa shape index (κ1) is 24.9. The molecule has 0 saturated carbocycles. The van der Waals surface area contributed by atoms with Gasteiger partial charge in [0.2, 0.25) is 0 Å². The Morgan fingerprint density at radius 2 is 1.22 bits per heavy atom. The minimum atomic E-state index is -1.19. The van der Waals surface area contributed by atoms with E-state index < -0.39 is 29.2 Å². The first-order valence-electron chi connectivity index (χ1n) is 10.1. The van der Waals surface area contributed by atoms with Crippen molar-refractivity contribution in [3.63, 3.8) is 0 Å². The first-order valence-corrected chi connectivity index (χ1v) is 10.1. The van der Waals surface area contributed by atoms with Gasteiger partial charge in [-0.05, 0) is 41.5 Å². The largest absolute Gasteiger partial charge is 0.465 e. The molecule has 2 aromatic rings. The number of ether oxygens (including phenoxy) is 2. The molecule has 2 aromatic heterocycles. The van der Waals surface area contributed by atoms with Gasteiger partial charge in [0, 0.05) is 24.8 Å². The average Bonchev–Trinajstić information content (AvgIpc) is 3.20. The highest BCUT2D eigenvalue weighted by atomic mass is 16.6. The number of carbonyl (C=O) groups excluding carboxylic acids is 2. The second-order valence-corrected chi connectivity index (χ2v) is 9.25. The summed E-state index contributed by atoms with van der Waals surface area (Å²) < 4.78 is 13.7. The summed E-state index contributed by atoms with van der Waals surface area (Å²) in [7, 11) is 0. The molecule has 0 aromatic carbocycles. The molecule has 0 spiro atoms. The van der Waals surface area contributed by atoms with Gasteiger partial charge in [0.1, 0.15) is 35.9 Å². The summed E-state index contributed by atoms with van der Waals surface area (Å²) in [5, 5.41) is 9.69. The lowest BCUT2D eigenvalue weighted by atomic mass is 10.2. The fourth-order valence-corrected chi connectivity index (χ4v) is 2.83. The van der Waals surface area contributed by atoms with Crippen molar-refractivity contribution in [2.45, 2.75) is 78.9 Å². The summed E-state index contributed by atoms with van der Waals surface area (Å²) in [6.45, 7) is 10.3. The van der Waals surface area contributed by atoms with E-state index in [-0.39, 0.29) is 26.2 Å². The molecule has 11 heteroatoms. The number of carboxylic acid groups (broad SMARTS) is 1.